The molecular formula is C15H28N2O3. The summed E-state index contributed by atoms with van der Waals surface area (Å²) in [7, 11) is 0. The van der Waals surface area contributed by atoms with E-state index in [0.29, 0.717) is 25.4 Å². The second kappa shape index (κ2) is 7.50. The number of nitrogens with zero attached hydrogens (tertiary/aromatic N) is 2. The van der Waals surface area contributed by atoms with Gasteiger partial charge in [-0.05, 0) is 31.6 Å². The number of urea groups is 1. The third-order valence-electron chi connectivity index (χ3n) is 3.97. The fourth-order valence-electron chi connectivity index (χ4n) is 2.92. The molecule has 1 fully saturated rings. The molecule has 0 aromatic rings. The Morgan fingerprint density at radius 2 is 1.90 bits per heavy atom. The van der Waals surface area contributed by atoms with Crippen molar-refractivity contribution in [2.75, 3.05) is 13.1 Å². The van der Waals surface area contributed by atoms with Crippen molar-refractivity contribution in [2.24, 2.45) is 5.92 Å². The molecule has 0 aliphatic carbocycles. The van der Waals surface area contributed by atoms with Crippen LogP contribution in [0.1, 0.15) is 53.4 Å². The molecule has 116 valence electrons. The zero-order valence-electron chi connectivity index (χ0n) is 13.1. The number of carboxylic acids is 1. The largest absolute Gasteiger partial charge is 0.480 e. The minimum atomic E-state index is -0.884. The standard InChI is InChI=1S/C15H28N2O3/c1-5-12(6-2)17(10-11(3)4)15(20)16-9-7-8-13(16)14(18)19/h11-13H,5-10H2,1-4H3,(H,18,19). The molecule has 0 bridgehead atoms. The molecule has 0 aromatic carbocycles. The van der Waals surface area contributed by atoms with Crippen LogP contribution in [0, 0.1) is 5.92 Å². The van der Waals surface area contributed by atoms with E-state index in [1.54, 1.807) is 4.90 Å². The quantitative estimate of drug-likeness (QED) is 0.816. The second-order valence-corrected chi connectivity index (χ2v) is 5.99. The molecule has 20 heavy (non-hydrogen) atoms. The van der Waals surface area contributed by atoms with Crippen molar-refractivity contribution in [1.29, 1.82) is 0 Å². The Bertz CT molecular complexity index is 340. The number of amides is 2. The monoisotopic (exact) mass is 284 g/mol. The Hall–Kier alpha value is -1.26. The third kappa shape index (κ3) is 3.87. The molecular weight excluding hydrogens is 256 g/mol. The Labute approximate surface area is 121 Å². The molecule has 1 aliphatic rings. The lowest BCUT2D eigenvalue weighted by molar-refractivity contribution is -0.141. The first-order valence-corrected chi connectivity index (χ1v) is 7.72. The van der Waals surface area contributed by atoms with Gasteiger partial charge in [0, 0.05) is 19.1 Å². The van der Waals surface area contributed by atoms with Crippen LogP contribution in [0.3, 0.4) is 0 Å². The maximum Gasteiger partial charge on any atom is 0.326 e. The first kappa shape index (κ1) is 16.8. The Balaban J connectivity index is 2.89. The maximum atomic E-state index is 12.7. The summed E-state index contributed by atoms with van der Waals surface area (Å²) in [5.74, 6) is -0.504. The Morgan fingerprint density at radius 3 is 2.35 bits per heavy atom. The molecule has 2 amide bonds. The van der Waals surface area contributed by atoms with Gasteiger partial charge in [-0.15, -0.1) is 0 Å². The summed E-state index contributed by atoms with van der Waals surface area (Å²) in [6.45, 7) is 9.57. The van der Waals surface area contributed by atoms with Gasteiger partial charge in [-0.1, -0.05) is 27.7 Å². The van der Waals surface area contributed by atoms with Gasteiger partial charge >= 0.3 is 12.0 Å². The molecule has 0 aromatic heterocycles. The molecule has 0 radical (unpaired) electrons. The van der Waals surface area contributed by atoms with Gasteiger partial charge < -0.3 is 14.9 Å². The number of carbonyl (C=O) groups is 2. The number of hydrogen-bond donors (Lipinski definition) is 1. The van der Waals surface area contributed by atoms with Crippen molar-refractivity contribution < 1.29 is 14.7 Å². The fraction of sp³-hybridized carbons (Fsp3) is 0.867. The molecule has 1 unspecified atom stereocenters. The highest BCUT2D eigenvalue weighted by Gasteiger charge is 2.37. The molecule has 0 saturated carbocycles. The lowest BCUT2D eigenvalue weighted by atomic mass is 10.1. The summed E-state index contributed by atoms with van der Waals surface area (Å²) in [5, 5.41) is 9.24. The molecule has 1 saturated heterocycles. The third-order valence-corrected chi connectivity index (χ3v) is 3.97. The zero-order chi connectivity index (χ0) is 15.3. The molecule has 1 rings (SSSR count). The zero-order valence-corrected chi connectivity index (χ0v) is 13.1. The second-order valence-electron chi connectivity index (χ2n) is 5.99. The van der Waals surface area contributed by atoms with Crippen LogP contribution in [0.25, 0.3) is 0 Å². The molecule has 1 N–H and O–H groups in total. The predicted octanol–water partition coefficient (Wildman–Crippen LogP) is 2.80. The van der Waals surface area contributed by atoms with Crippen molar-refractivity contribution in [3.8, 4) is 0 Å². The molecule has 5 heteroatoms. The van der Waals surface area contributed by atoms with Gasteiger partial charge in [0.25, 0.3) is 0 Å². The topological polar surface area (TPSA) is 60.9 Å². The lowest BCUT2D eigenvalue weighted by Gasteiger charge is -2.36. The summed E-state index contributed by atoms with van der Waals surface area (Å²) in [4.78, 5) is 27.4. The van der Waals surface area contributed by atoms with E-state index >= 15 is 0 Å². The highest BCUT2D eigenvalue weighted by atomic mass is 16.4. The summed E-state index contributed by atoms with van der Waals surface area (Å²) in [5.41, 5.74) is 0. The smallest absolute Gasteiger partial charge is 0.326 e. The minimum Gasteiger partial charge on any atom is -0.480 e. The SMILES string of the molecule is CCC(CC)N(CC(C)C)C(=O)N1CCCC1C(=O)O. The van der Waals surface area contributed by atoms with Gasteiger partial charge in [-0.25, -0.2) is 9.59 Å². The summed E-state index contributed by atoms with van der Waals surface area (Å²) in [6, 6.07) is -0.552. The first-order chi connectivity index (χ1) is 9.42. The van der Waals surface area contributed by atoms with Crippen LogP contribution in [0.4, 0.5) is 4.79 Å². The fourth-order valence-corrected chi connectivity index (χ4v) is 2.92. The molecule has 1 atom stereocenters. The normalized spacial score (nSPS) is 18.9. The van der Waals surface area contributed by atoms with E-state index in [1.165, 1.54) is 0 Å². The molecule has 1 aliphatic heterocycles. The number of carboxylic acid groups (broad SMARTS) is 1. The van der Waals surface area contributed by atoms with Crippen LogP contribution in [0.5, 0.6) is 0 Å². The lowest BCUT2D eigenvalue weighted by Crippen LogP contribution is -2.52. The van der Waals surface area contributed by atoms with Crippen LogP contribution in [0.15, 0.2) is 0 Å². The van der Waals surface area contributed by atoms with Crippen LogP contribution >= 0.6 is 0 Å². The highest BCUT2D eigenvalue weighted by molar-refractivity contribution is 5.83. The van der Waals surface area contributed by atoms with Gasteiger partial charge in [-0.3, -0.25) is 0 Å². The summed E-state index contributed by atoms with van der Waals surface area (Å²) < 4.78 is 0. The van der Waals surface area contributed by atoms with E-state index in [9.17, 15) is 14.7 Å². The number of likely N-dealkylation sites (tertiary alicyclic amines) is 1. The Morgan fingerprint density at radius 1 is 1.30 bits per heavy atom. The van der Waals surface area contributed by atoms with E-state index in [1.807, 2.05) is 4.90 Å². The van der Waals surface area contributed by atoms with Crippen LogP contribution in [0.2, 0.25) is 0 Å². The highest BCUT2D eigenvalue weighted by Crippen LogP contribution is 2.22. The van der Waals surface area contributed by atoms with Crippen LogP contribution in [-0.4, -0.2) is 52.1 Å². The average Bonchev–Trinajstić information content (AvgIpc) is 2.87. The number of carbonyl (C=O) groups excluding carboxylic acids is 1. The van der Waals surface area contributed by atoms with Crippen molar-refractivity contribution in [2.45, 2.75) is 65.5 Å². The van der Waals surface area contributed by atoms with E-state index in [-0.39, 0.29) is 12.1 Å². The average molecular weight is 284 g/mol. The van der Waals surface area contributed by atoms with Crippen LogP contribution < -0.4 is 0 Å². The van der Waals surface area contributed by atoms with Gasteiger partial charge in [-0.2, -0.15) is 0 Å². The first-order valence-electron chi connectivity index (χ1n) is 7.72. The van der Waals surface area contributed by atoms with E-state index < -0.39 is 12.0 Å². The minimum absolute atomic E-state index is 0.0997. The van der Waals surface area contributed by atoms with Crippen molar-refractivity contribution in [3.05, 3.63) is 0 Å². The summed E-state index contributed by atoms with van der Waals surface area (Å²) >= 11 is 0. The summed E-state index contributed by atoms with van der Waals surface area (Å²) in [6.07, 6.45) is 3.15. The van der Waals surface area contributed by atoms with Gasteiger partial charge in [0.15, 0.2) is 0 Å². The van der Waals surface area contributed by atoms with E-state index in [0.717, 1.165) is 19.3 Å². The van der Waals surface area contributed by atoms with Gasteiger partial charge in [0.1, 0.15) is 6.04 Å². The molecule has 5 nitrogen and oxygen atoms in total. The van der Waals surface area contributed by atoms with E-state index in [2.05, 4.69) is 27.7 Å². The van der Waals surface area contributed by atoms with E-state index in [4.69, 9.17) is 0 Å². The Kier molecular flexibility index (Phi) is 6.30. The predicted molar refractivity (Wildman–Crippen MR) is 78.7 cm³/mol. The van der Waals surface area contributed by atoms with Crippen molar-refractivity contribution in [3.63, 3.8) is 0 Å². The van der Waals surface area contributed by atoms with Crippen LogP contribution in [-0.2, 0) is 4.79 Å². The number of aliphatic carboxylic acids is 1. The maximum absolute atomic E-state index is 12.7. The van der Waals surface area contributed by atoms with Gasteiger partial charge in [0.05, 0.1) is 0 Å². The van der Waals surface area contributed by atoms with Crippen molar-refractivity contribution >= 4 is 12.0 Å². The molecule has 0 spiro atoms. The number of hydrogen-bond acceptors (Lipinski definition) is 2. The van der Waals surface area contributed by atoms with Gasteiger partial charge in [0.2, 0.25) is 0 Å². The number of rotatable bonds is 6. The molecule has 1 heterocycles. The van der Waals surface area contributed by atoms with Crippen molar-refractivity contribution in [1.82, 2.24) is 9.80 Å².